The lowest BCUT2D eigenvalue weighted by atomic mass is 9.52. The fourth-order valence-corrected chi connectivity index (χ4v) is 6.83. The summed E-state index contributed by atoms with van der Waals surface area (Å²) in [5.41, 5.74) is 4.54. The molecule has 1 nitrogen and oxygen atoms in total. The zero-order valence-corrected chi connectivity index (χ0v) is 14.9. The molecule has 0 radical (unpaired) electrons. The van der Waals surface area contributed by atoms with Gasteiger partial charge in [-0.15, -0.1) is 0 Å². The van der Waals surface area contributed by atoms with E-state index in [0.717, 1.165) is 18.3 Å². The van der Waals surface area contributed by atoms with Crippen molar-refractivity contribution < 1.29 is 4.79 Å². The van der Waals surface area contributed by atoms with Gasteiger partial charge in [-0.1, -0.05) is 36.8 Å². The molecule has 4 rings (SSSR count). The second kappa shape index (κ2) is 5.19. The topological polar surface area (TPSA) is 17.1 Å². The van der Waals surface area contributed by atoms with E-state index in [1.54, 1.807) is 12.5 Å². The van der Waals surface area contributed by atoms with Crippen LogP contribution in [-0.2, 0) is 4.79 Å². The van der Waals surface area contributed by atoms with Gasteiger partial charge in [0, 0.05) is 5.92 Å². The maximum atomic E-state index is 12.3. The van der Waals surface area contributed by atoms with Gasteiger partial charge in [-0.05, 0) is 87.0 Å². The van der Waals surface area contributed by atoms with Crippen molar-refractivity contribution in [3.63, 3.8) is 0 Å². The highest BCUT2D eigenvalue weighted by molar-refractivity contribution is 5.83. The number of rotatable bonds is 1. The highest BCUT2D eigenvalue weighted by Crippen LogP contribution is 2.64. The molecule has 0 N–H and O–H groups in total. The van der Waals surface area contributed by atoms with Crippen molar-refractivity contribution >= 4 is 5.78 Å². The molecule has 6 atom stereocenters. The highest BCUT2D eigenvalue weighted by Gasteiger charge is 2.57. The van der Waals surface area contributed by atoms with Gasteiger partial charge < -0.3 is 0 Å². The molecule has 0 amide bonds. The third-order valence-electron chi connectivity index (χ3n) is 7.68. The van der Waals surface area contributed by atoms with Crippen LogP contribution in [0, 0.1) is 35.0 Å². The molecule has 0 aromatic carbocycles. The summed E-state index contributed by atoms with van der Waals surface area (Å²) in [5.74, 6) is 3.32. The lowest BCUT2D eigenvalue weighted by Crippen LogP contribution is -2.46. The van der Waals surface area contributed by atoms with Crippen LogP contribution in [0.4, 0.5) is 0 Å². The summed E-state index contributed by atoms with van der Waals surface area (Å²) >= 11 is 0. The van der Waals surface area contributed by atoms with Crippen LogP contribution in [0.15, 0.2) is 35.5 Å². The zero-order chi connectivity index (χ0) is 16.4. The number of allylic oxidation sites excluding steroid dienone is 5. The number of ketones is 1. The molecule has 0 unspecified atom stereocenters. The first-order valence-electron chi connectivity index (χ1n) is 9.50. The molecule has 2 fully saturated rings. The van der Waals surface area contributed by atoms with E-state index < -0.39 is 0 Å². The van der Waals surface area contributed by atoms with Crippen LogP contribution in [-0.4, -0.2) is 5.78 Å². The van der Waals surface area contributed by atoms with Gasteiger partial charge in [0.15, 0.2) is 0 Å². The minimum atomic E-state index is 0.102. The lowest BCUT2D eigenvalue weighted by molar-refractivity contribution is -0.124. The van der Waals surface area contributed by atoms with E-state index >= 15 is 0 Å². The van der Waals surface area contributed by atoms with E-state index in [4.69, 9.17) is 0 Å². The highest BCUT2D eigenvalue weighted by atomic mass is 16.1. The summed E-state index contributed by atoms with van der Waals surface area (Å²) in [6.45, 7) is 10.8. The third kappa shape index (κ3) is 2.08. The van der Waals surface area contributed by atoms with Crippen LogP contribution in [0.5, 0.6) is 0 Å². The smallest absolute Gasteiger partial charge is 0.137 e. The van der Waals surface area contributed by atoms with Crippen LogP contribution in [0.2, 0.25) is 0 Å². The molecule has 0 heterocycles. The maximum absolute atomic E-state index is 12.3. The second-order valence-corrected chi connectivity index (χ2v) is 8.84. The van der Waals surface area contributed by atoms with Gasteiger partial charge in [0.05, 0.1) is 0 Å². The van der Waals surface area contributed by atoms with Crippen LogP contribution in [0.1, 0.15) is 59.3 Å². The van der Waals surface area contributed by atoms with E-state index in [2.05, 4.69) is 32.6 Å². The van der Waals surface area contributed by atoms with Gasteiger partial charge in [0.1, 0.15) is 5.78 Å². The fraction of sp³-hybridized carbons (Fsp3) is 0.682. The van der Waals surface area contributed by atoms with Gasteiger partial charge in [0.25, 0.3) is 0 Å². The van der Waals surface area contributed by atoms with Crippen molar-refractivity contribution in [3.8, 4) is 0 Å². The monoisotopic (exact) mass is 310 g/mol. The quantitative estimate of drug-likeness (QED) is 0.586. The predicted octanol–water partition coefficient (Wildman–Crippen LogP) is 5.49. The van der Waals surface area contributed by atoms with Crippen molar-refractivity contribution in [2.75, 3.05) is 0 Å². The van der Waals surface area contributed by atoms with Crippen LogP contribution in [0.3, 0.4) is 0 Å². The van der Waals surface area contributed by atoms with E-state index in [1.807, 2.05) is 0 Å². The average molecular weight is 310 g/mol. The minimum absolute atomic E-state index is 0.102. The predicted molar refractivity (Wildman–Crippen MR) is 94.9 cm³/mol. The molecule has 0 aliphatic heterocycles. The molecule has 0 spiro atoms. The van der Waals surface area contributed by atoms with Gasteiger partial charge >= 0.3 is 0 Å². The van der Waals surface area contributed by atoms with E-state index in [-0.39, 0.29) is 11.3 Å². The van der Waals surface area contributed by atoms with Gasteiger partial charge in [-0.25, -0.2) is 0 Å². The molecular weight excluding hydrogens is 280 g/mol. The summed E-state index contributed by atoms with van der Waals surface area (Å²) in [5, 5.41) is 0. The Labute approximate surface area is 140 Å². The van der Waals surface area contributed by atoms with Crippen molar-refractivity contribution in [2.45, 2.75) is 59.3 Å². The number of carbonyl (C=O) groups is 1. The summed E-state index contributed by atoms with van der Waals surface area (Å²) in [4.78, 5) is 12.3. The molecule has 0 saturated heterocycles. The molecule has 1 heteroatoms. The number of hydrogen-bond acceptors (Lipinski definition) is 1. The number of hydrogen-bond donors (Lipinski definition) is 0. The van der Waals surface area contributed by atoms with Crippen LogP contribution < -0.4 is 0 Å². The molecule has 4 aliphatic carbocycles. The normalized spacial score (nSPS) is 45.5. The van der Waals surface area contributed by atoms with Crippen molar-refractivity contribution in [1.29, 1.82) is 0 Å². The summed E-state index contributed by atoms with van der Waals surface area (Å²) in [7, 11) is 0. The summed E-state index contributed by atoms with van der Waals surface area (Å²) in [6, 6.07) is 0. The van der Waals surface area contributed by atoms with E-state index in [0.29, 0.717) is 17.6 Å². The minimum Gasteiger partial charge on any atom is -0.299 e. The molecule has 0 aromatic rings. The summed E-state index contributed by atoms with van der Waals surface area (Å²) in [6.07, 6.45) is 12.6. The summed E-state index contributed by atoms with van der Waals surface area (Å²) < 4.78 is 0. The molecule has 0 aromatic heterocycles. The van der Waals surface area contributed by atoms with Crippen molar-refractivity contribution in [1.82, 2.24) is 0 Å². The van der Waals surface area contributed by atoms with E-state index in [1.165, 1.54) is 43.3 Å². The van der Waals surface area contributed by atoms with E-state index in [9.17, 15) is 4.79 Å². The first-order valence-corrected chi connectivity index (χ1v) is 9.50. The van der Waals surface area contributed by atoms with Crippen LogP contribution >= 0.6 is 0 Å². The second-order valence-electron chi connectivity index (χ2n) is 8.84. The molecule has 124 valence electrons. The molecule has 0 bridgehead atoms. The largest absolute Gasteiger partial charge is 0.299 e. The number of Topliss-reactive ketones (excluding diaryl/α,β-unsaturated/α-hetero) is 1. The standard InChI is InChI=1S/C22H30O/c1-13-11-19-18(17-8-6-5-7-16(13)17)9-10-22(4)20(19)12-14(2)21(22)15(3)23/h7,11,17-21H,2,5-6,8-10,12H2,1,3-4H3/t17-,18+,19+,20-,21+,22-/m0/s1. The SMILES string of the molecule is C=C1C[C@H]2[C@@H]3C=C(C)C4=CCCC[C@@H]4[C@H]3CC[C@]2(C)[C@H]1C(C)=O. The number of fused-ring (bicyclic) bond motifs is 5. The zero-order valence-electron chi connectivity index (χ0n) is 14.9. The lowest BCUT2D eigenvalue weighted by Gasteiger charge is -2.52. The Balaban J connectivity index is 1.75. The molecule has 4 aliphatic rings. The van der Waals surface area contributed by atoms with Gasteiger partial charge in [-0.3, -0.25) is 4.79 Å². The Bertz CT molecular complexity index is 622. The maximum Gasteiger partial charge on any atom is 0.137 e. The number of carbonyl (C=O) groups excluding carboxylic acids is 1. The van der Waals surface area contributed by atoms with Gasteiger partial charge in [0.2, 0.25) is 0 Å². The Kier molecular flexibility index (Phi) is 3.48. The van der Waals surface area contributed by atoms with Crippen LogP contribution in [0.25, 0.3) is 0 Å². The van der Waals surface area contributed by atoms with Crippen molar-refractivity contribution in [3.05, 3.63) is 35.5 Å². The average Bonchev–Trinajstić information content (AvgIpc) is 2.78. The first-order chi connectivity index (χ1) is 10.9. The van der Waals surface area contributed by atoms with Gasteiger partial charge in [-0.2, -0.15) is 0 Å². The fourth-order valence-electron chi connectivity index (χ4n) is 6.83. The Morgan fingerprint density at radius 2 is 2.13 bits per heavy atom. The Hall–Kier alpha value is -1.11. The molecular formula is C22H30O. The molecule has 2 saturated carbocycles. The Morgan fingerprint density at radius 1 is 1.35 bits per heavy atom. The first kappa shape index (κ1) is 15.4. The third-order valence-corrected chi connectivity index (χ3v) is 7.68. The molecule has 23 heavy (non-hydrogen) atoms. The Morgan fingerprint density at radius 3 is 2.87 bits per heavy atom. The van der Waals surface area contributed by atoms with Crippen molar-refractivity contribution in [2.24, 2.45) is 35.0 Å².